The predicted octanol–water partition coefficient (Wildman–Crippen LogP) is 1.96. The maximum atomic E-state index is 12.4. The van der Waals surface area contributed by atoms with E-state index in [2.05, 4.69) is 10.0 Å². The van der Waals surface area contributed by atoms with Gasteiger partial charge < -0.3 is 10.2 Å². The minimum atomic E-state index is -3.79. The molecule has 0 saturated heterocycles. The Hall–Kier alpha value is -2.58. The van der Waals surface area contributed by atoms with Crippen LogP contribution in [0.15, 0.2) is 53.4 Å². The summed E-state index contributed by atoms with van der Waals surface area (Å²) in [6.45, 7) is -0.135. The molecule has 0 fully saturated rings. The lowest BCUT2D eigenvalue weighted by Crippen LogP contribution is -2.36. The second kappa shape index (κ2) is 8.20. The molecule has 2 aromatic carbocycles. The van der Waals surface area contributed by atoms with Crippen molar-refractivity contribution in [2.75, 3.05) is 25.4 Å². The summed E-state index contributed by atoms with van der Waals surface area (Å²) in [6.07, 6.45) is 0. The number of amides is 2. The van der Waals surface area contributed by atoms with Crippen molar-refractivity contribution in [3.63, 3.8) is 0 Å². The van der Waals surface area contributed by atoms with Crippen molar-refractivity contribution in [1.82, 2.24) is 10.2 Å². The molecular formula is C17H18ClN3O4S. The zero-order valence-corrected chi connectivity index (χ0v) is 15.8. The highest BCUT2D eigenvalue weighted by Crippen LogP contribution is 2.18. The van der Waals surface area contributed by atoms with Gasteiger partial charge in [-0.15, -0.1) is 0 Å². The Balaban J connectivity index is 2.06. The monoisotopic (exact) mass is 395 g/mol. The average molecular weight is 396 g/mol. The molecule has 0 aromatic heterocycles. The number of rotatable bonds is 6. The molecule has 0 aliphatic heterocycles. The molecule has 0 unspecified atom stereocenters. The Kier molecular flexibility index (Phi) is 6.23. The molecule has 0 spiro atoms. The molecule has 2 amide bonds. The van der Waals surface area contributed by atoms with Crippen LogP contribution in [-0.4, -0.2) is 45.8 Å². The minimum Gasteiger partial charge on any atom is -0.347 e. The number of hydrogen-bond acceptors (Lipinski definition) is 4. The minimum absolute atomic E-state index is 0.00775. The SMILES string of the molecule is CN(C)C(=O)CNC(=O)c1ccc(S(=O)(=O)Nc2ccc(Cl)cc2)cc1. The summed E-state index contributed by atoms with van der Waals surface area (Å²) in [6, 6.07) is 11.6. The van der Waals surface area contributed by atoms with E-state index in [9.17, 15) is 18.0 Å². The number of nitrogens with one attached hydrogen (secondary N) is 2. The number of halogens is 1. The van der Waals surface area contributed by atoms with Crippen molar-refractivity contribution >= 4 is 39.1 Å². The van der Waals surface area contributed by atoms with Crippen molar-refractivity contribution in [2.24, 2.45) is 0 Å². The van der Waals surface area contributed by atoms with Crippen LogP contribution in [-0.2, 0) is 14.8 Å². The number of sulfonamides is 1. The third-order valence-corrected chi connectivity index (χ3v) is 5.07. The largest absolute Gasteiger partial charge is 0.347 e. The molecule has 26 heavy (non-hydrogen) atoms. The molecular weight excluding hydrogens is 378 g/mol. The number of likely N-dealkylation sites (N-methyl/N-ethyl adjacent to an activating group) is 1. The van der Waals surface area contributed by atoms with Gasteiger partial charge in [0.2, 0.25) is 5.91 Å². The second-order valence-electron chi connectivity index (χ2n) is 5.61. The van der Waals surface area contributed by atoms with Gasteiger partial charge in [0, 0.05) is 30.4 Å². The fourth-order valence-electron chi connectivity index (χ4n) is 1.93. The van der Waals surface area contributed by atoms with Crippen molar-refractivity contribution in [3.8, 4) is 0 Å². The first-order chi connectivity index (χ1) is 12.2. The quantitative estimate of drug-likeness (QED) is 0.781. The van der Waals surface area contributed by atoms with Gasteiger partial charge in [0.25, 0.3) is 15.9 Å². The van der Waals surface area contributed by atoms with Crippen LogP contribution in [0.4, 0.5) is 5.69 Å². The van der Waals surface area contributed by atoms with Crippen LogP contribution >= 0.6 is 11.6 Å². The average Bonchev–Trinajstić information content (AvgIpc) is 2.61. The number of carbonyl (C=O) groups excluding carboxylic acids is 2. The zero-order valence-electron chi connectivity index (χ0n) is 14.2. The standard InChI is InChI=1S/C17H18ClN3O4S/c1-21(2)16(22)11-19-17(23)12-3-9-15(10-4-12)26(24,25)20-14-7-5-13(18)6-8-14/h3-10,20H,11H2,1-2H3,(H,19,23). The van der Waals surface area contributed by atoms with Gasteiger partial charge in [-0.3, -0.25) is 14.3 Å². The van der Waals surface area contributed by atoms with Crippen molar-refractivity contribution < 1.29 is 18.0 Å². The summed E-state index contributed by atoms with van der Waals surface area (Å²) in [4.78, 5) is 24.8. The third kappa shape index (κ3) is 5.21. The Bertz CT molecular complexity index is 895. The first-order valence-corrected chi connectivity index (χ1v) is 9.42. The molecule has 0 aliphatic carbocycles. The molecule has 2 aromatic rings. The van der Waals surface area contributed by atoms with Gasteiger partial charge in [-0.2, -0.15) is 0 Å². The number of anilines is 1. The van der Waals surface area contributed by atoms with E-state index >= 15 is 0 Å². The Labute approximate surface area is 157 Å². The van der Waals surface area contributed by atoms with E-state index in [4.69, 9.17) is 11.6 Å². The summed E-state index contributed by atoms with van der Waals surface area (Å²) in [7, 11) is -0.621. The molecule has 0 bridgehead atoms. The lowest BCUT2D eigenvalue weighted by molar-refractivity contribution is -0.127. The van der Waals surface area contributed by atoms with Crippen molar-refractivity contribution in [1.29, 1.82) is 0 Å². The van der Waals surface area contributed by atoms with Crippen LogP contribution < -0.4 is 10.0 Å². The molecule has 0 radical (unpaired) electrons. The molecule has 2 rings (SSSR count). The number of hydrogen-bond donors (Lipinski definition) is 2. The predicted molar refractivity (Wildman–Crippen MR) is 99.7 cm³/mol. The van der Waals surface area contributed by atoms with Crippen molar-refractivity contribution in [3.05, 3.63) is 59.1 Å². The fraction of sp³-hybridized carbons (Fsp3) is 0.176. The van der Waals surface area contributed by atoms with Crippen LogP contribution in [0.3, 0.4) is 0 Å². The Morgan fingerprint density at radius 3 is 2.12 bits per heavy atom. The molecule has 7 nitrogen and oxygen atoms in total. The van der Waals surface area contributed by atoms with E-state index in [1.54, 1.807) is 38.4 Å². The summed E-state index contributed by atoms with van der Waals surface area (Å²) >= 11 is 5.77. The molecule has 0 aliphatic rings. The maximum absolute atomic E-state index is 12.4. The van der Waals surface area contributed by atoms with Gasteiger partial charge in [-0.25, -0.2) is 8.42 Å². The topological polar surface area (TPSA) is 95.6 Å². The molecule has 0 atom stereocenters. The van der Waals surface area contributed by atoms with Crippen LogP contribution in [0.2, 0.25) is 5.02 Å². The summed E-state index contributed by atoms with van der Waals surface area (Å²) in [5, 5.41) is 2.97. The first kappa shape index (κ1) is 19.7. The van der Waals surface area contributed by atoms with E-state index in [1.165, 1.54) is 29.2 Å². The lowest BCUT2D eigenvalue weighted by atomic mass is 10.2. The number of carbonyl (C=O) groups is 2. The van der Waals surface area contributed by atoms with Gasteiger partial charge in [-0.1, -0.05) is 11.6 Å². The summed E-state index contributed by atoms with van der Waals surface area (Å²) in [5.41, 5.74) is 0.625. The van der Waals surface area contributed by atoms with Crippen LogP contribution in [0.25, 0.3) is 0 Å². The summed E-state index contributed by atoms with van der Waals surface area (Å²) in [5.74, 6) is -0.709. The molecule has 138 valence electrons. The van der Waals surface area contributed by atoms with E-state index in [0.29, 0.717) is 10.7 Å². The Morgan fingerprint density at radius 1 is 1.00 bits per heavy atom. The summed E-state index contributed by atoms with van der Waals surface area (Å²) < 4.78 is 27.2. The third-order valence-electron chi connectivity index (χ3n) is 3.42. The van der Waals surface area contributed by atoms with E-state index in [-0.39, 0.29) is 22.9 Å². The number of benzene rings is 2. The van der Waals surface area contributed by atoms with Gasteiger partial charge in [-0.05, 0) is 48.5 Å². The van der Waals surface area contributed by atoms with E-state index in [0.717, 1.165) is 0 Å². The molecule has 9 heteroatoms. The second-order valence-corrected chi connectivity index (χ2v) is 7.73. The Morgan fingerprint density at radius 2 is 1.58 bits per heavy atom. The number of nitrogens with zero attached hydrogens (tertiary/aromatic N) is 1. The molecule has 0 saturated carbocycles. The van der Waals surface area contributed by atoms with E-state index in [1.807, 2.05) is 0 Å². The van der Waals surface area contributed by atoms with Gasteiger partial charge in [0.05, 0.1) is 11.4 Å². The first-order valence-electron chi connectivity index (χ1n) is 7.56. The zero-order chi connectivity index (χ0) is 19.3. The molecule has 0 heterocycles. The highest BCUT2D eigenvalue weighted by molar-refractivity contribution is 7.92. The van der Waals surface area contributed by atoms with Gasteiger partial charge in [0.1, 0.15) is 0 Å². The van der Waals surface area contributed by atoms with Crippen molar-refractivity contribution in [2.45, 2.75) is 4.90 Å². The normalized spacial score (nSPS) is 10.9. The fourth-order valence-corrected chi connectivity index (χ4v) is 3.12. The maximum Gasteiger partial charge on any atom is 0.261 e. The smallest absolute Gasteiger partial charge is 0.261 e. The highest BCUT2D eigenvalue weighted by Gasteiger charge is 2.16. The highest BCUT2D eigenvalue weighted by atomic mass is 35.5. The molecule has 2 N–H and O–H groups in total. The lowest BCUT2D eigenvalue weighted by Gasteiger charge is -2.11. The van der Waals surface area contributed by atoms with Gasteiger partial charge >= 0.3 is 0 Å². The van der Waals surface area contributed by atoms with Crippen LogP contribution in [0.1, 0.15) is 10.4 Å². The van der Waals surface area contributed by atoms with E-state index < -0.39 is 15.9 Å². The van der Waals surface area contributed by atoms with Crippen LogP contribution in [0, 0.1) is 0 Å². The van der Waals surface area contributed by atoms with Gasteiger partial charge in [0.15, 0.2) is 0 Å². The van der Waals surface area contributed by atoms with Crippen LogP contribution in [0.5, 0.6) is 0 Å².